The van der Waals surface area contributed by atoms with Gasteiger partial charge in [-0.05, 0) is 74.1 Å². The molecule has 0 aromatic carbocycles. The number of H-pyrrole nitrogens is 2. The van der Waals surface area contributed by atoms with Crippen LogP contribution in [0.25, 0.3) is 39.3 Å². The molecule has 5 heterocycles. The number of rotatable bonds is 7. The van der Waals surface area contributed by atoms with Gasteiger partial charge in [-0.1, -0.05) is 26.5 Å². The van der Waals surface area contributed by atoms with E-state index in [1.54, 1.807) is 0 Å². The lowest BCUT2D eigenvalue weighted by molar-refractivity contribution is -0.140. The van der Waals surface area contributed by atoms with Gasteiger partial charge in [0.25, 0.3) is 0 Å². The van der Waals surface area contributed by atoms with Crippen molar-refractivity contribution >= 4 is 51.2 Å². The smallest absolute Gasteiger partial charge is 0.340 e. The summed E-state index contributed by atoms with van der Waals surface area (Å²) in [5.74, 6) is -1.35. The van der Waals surface area contributed by atoms with Crippen LogP contribution in [0.5, 0.6) is 0 Å². The number of esters is 2. The number of ether oxygens (including phenoxy) is 2. The predicted molar refractivity (Wildman–Crippen MR) is 173 cm³/mol. The van der Waals surface area contributed by atoms with E-state index in [-0.39, 0.29) is 30.4 Å². The minimum Gasteiger partial charge on any atom is -0.469 e. The molecular formula is C35H40N4O5. The third-order valence-corrected chi connectivity index (χ3v) is 9.11. The molecule has 3 N–H and O–H groups in total. The highest BCUT2D eigenvalue weighted by Gasteiger charge is 2.35. The quantitative estimate of drug-likeness (QED) is 0.276. The van der Waals surface area contributed by atoms with Gasteiger partial charge in [0, 0.05) is 57.3 Å². The zero-order valence-corrected chi connectivity index (χ0v) is 26.5. The number of hydrogen-bond donors (Lipinski definition) is 3. The van der Waals surface area contributed by atoms with Crippen LogP contribution in [0.3, 0.4) is 0 Å². The van der Waals surface area contributed by atoms with Crippen molar-refractivity contribution in [1.29, 1.82) is 0 Å². The molecule has 2 atom stereocenters. The lowest BCUT2D eigenvalue weighted by Crippen LogP contribution is -2.14. The van der Waals surface area contributed by atoms with Crippen LogP contribution in [-0.4, -0.2) is 57.8 Å². The summed E-state index contributed by atoms with van der Waals surface area (Å²) in [7, 11) is 2.66. The first-order valence-corrected chi connectivity index (χ1v) is 14.9. The van der Waals surface area contributed by atoms with Crippen molar-refractivity contribution in [2.75, 3.05) is 20.8 Å². The fourth-order valence-electron chi connectivity index (χ4n) is 6.54. The lowest BCUT2D eigenvalue weighted by atomic mass is 9.85. The molecule has 0 radical (unpaired) electrons. The van der Waals surface area contributed by atoms with E-state index in [0.29, 0.717) is 34.6 Å². The molecular weight excluding hydrogens is 556 g/mol. The number of aryl methyl sites for hydroxylation is 3. The number of hydrogen-bond acceptors (Lipinski definition) is 7. The highest BCUT2D eigenvalue weighted by molar-refractivity contribution is 6.25. The Hall–Kier alpha value is -4.50. The zero-order valence-electron chi connectivity index (χ0n) is 26.5. The number of nitrogens with zero attached hydrogens (tertiary/aromatic N) is 2. The van der Waals surface area contributed by atoms with Crippen molar-refractivity contribution in [1.82, 2.24) is 19.9 Å². The van der Waals surface area contributed by atoms with E-state index in [0.717, 1.165) is 56.4 Å². The Morgan fingerprint density at radius 3 is 2.32 bits per heavy atom. The molecule has 3 aromatic heterocycles. The third-order valence-electron chi connectivity index (χ3n) is 9.11. The summed E-state index contributed by atoms with van der Waals surface area (Å²) in [6.07, 6.45) is 2.91. The summed E-state index contributed by atoms with van der Waals surface area (Å²) >= 11 is 0. The SMILES string of the molecule is C=Cc1c(C)c2cc3nc(c(CC(=O)OC)c4nc(cc5[nH]c(cc1[nH]2)c(C)c5CC)C(C)=C4C(=O)OC)[C@@H](CCO)[C@@H]3C. The second kappa shape index (κ2) is 12.2. The van der Waals surface area contributed by atoms with Crippen LogP contribution in [-0.2, 0) is 31.9 Å². The highest BCUT2D eigenvalue weighted by atomic mass is 16.5. The molecule has 2 aliphatic heterocycles. The molecule has 0 spiro atoms. The first-order chi connectivity index (χ1) is 21.1. The van der Waals surface area contributed by atoms with Crippen LogP contribution in [0.4, 0.5) is 0 Å². The van der Waals surface area contributed by atoms with Crippen molar-refractivity contribution in [3.05, 3.63) is 75.4 Å². The Balaban J connectivity index is 2.06. The Kier molecular flexibility index (Phi) is 8.61. The Labute approximate surface area is 257 Å². The van der Waals surface area contributed by atoms with Crippen molar-refractivity contribution in [2.45, 2.75) is 65.7 Å². The number of carbonyl (C=O) groups excluding carboxylic acids is 2. The summed E-state index contributed by atoms with van der Waals surface area (Å²) in [4.78, 5) is 43.5. The molecule has 0 unspecified atom stereocenters. The van der Waals surface area contributed by atoms with Gasteiger partial charge in [0.15, 0.2) is 0 Å². The zero-order chi connectivity index (χ0) is 31.9. The molecule has 3 aromatic rings. The number of aliphatic hydroxyl groups is 1. The Bertz CT molecular complexity index is 1880. The molecule has 0 saturated heterocycles. The van der Waals surface area contributed by atoms with Crippen LogP contribution >= 0.6 is 0 Å². The van der Waals surface area contributed by atoms with Crippen molar-refractivity contribution < 1.29 is 24.2 Å². The summed E-state index contributed by atoms with van der Waals surface area (Å²) in [5.41, 5.74) is 11.7. The van der Waals surface area contributed by atoms with Gasteiger partial charge in [0.05, 0.1) is 43.3 Å². The number of allylic oxidation sites excluding steroid dienone is 1. The van der Waals surface area contributed by atoms with E-state index >= 15 is 0 Å². The monoisotopic (exact) mass is 596 g/mol. The molecule has 0 aliphatic carbocycles. The number of aromatic amines is 2. The van der Waals surface area contributed by atoms with E-state index in [9.17, 15) is 14.7 Å². The second-order valence-corrected chi connectivity index (χ2v) is 11.4. The molecule has 8 bridgehead atoms. The maximum Gasteiger partial charge on any atom is 0.340 e. The number of nitrogens with one attached hydrogen (secondary N) is 2. The average molecular weight is 597 g/mol. The van der Waals surface area contributed by atoms with Gasteiger partial charge in [-0.2, -0.15) is 0 Å². The van der Waals surface area contributed by atoms with Crippen molar-refractivity contribution in [2.24, 2.45) is 0 Å². The largest absolute Gasteiger partial charge is 0.469 e. The fourth-order valence-corrected chi connectivity index (χ4v) is 6.54. The Morgan fingerprint density at radius 1 is 0.977 bits per heavy atom. The number of fused-ring (bicyclic) bond motifs is 8. The summed E-state index contributed by atoms with van der Waals surface area (Å²) < 4.78 is 10.3. The van der Waals surface area contributed by atoms with Crippen LogP contribution in [0.2, 0.25) is 0 Å². The summed E-state index contributed by atoms with van der Waals surface area (Å²) in [6.45, 7) is 14.2. The molecule has 0 fully saturated rings. The topological polar surface area (TPSA) is 130 Å². The number of methoxy groups -OCH3 is 2. The van der Waals surface area contributed by atoms with Crippen LogP contribution in [0.1, 0.15) is 89.6 Å². The second-order valence-electron chi connectivity index (χ2n) is 11.4. The summed E-state index contributed by atoms with van der Waals surface area (Å²) in [6, 6.07) is 6.08. The van der Waals surface area contributed by atoms with Crippen LogP contribution < -0.4 is 0 Å². The van der Waals surface area contributed by atoms with E-state index < -0.39 is 11.9 Å². The average Bonchev–Trinajstić information content (AvgIpc) is 3.69. The van der Waals surface area contributed by atoms with E-state index in [1.165, 1.54) is 14.2 Å². The molecule has 9 nitrogen and oxygen atoms in total. The molecule has 230 valence electrons. The molecule has 0 saturated carbocycles. The Morgan fingerprint density at radius 2 is 1.68 bits per heavy atom. The lowest BCUT2D eigenvalue weighted by Gasteiger charge is -2.17. The predicted octanol–water partition coefficient (Wildman–Crippen LogP) is 6.23. The van der Waals surface area contributed by atoms with Gasteiger partial charge < -0.3 is 24.5 Å². The van der Waals surface area contributed by atoms with E-state index in [2.05, 4.69) is 50.3 Å². The normalized spacial score (nSPS) is 16.3. The van der Waals surface area contributed by atoms with Gasteiger partial charge in [0.2, 0.25) is 0 Å². The first-order valence-electron chi connectivity index (χ1n) is 14.9. The minimum atomic E-state index is -0.551. The van der Waals surface area contributed by atoms with E-state index in [4.69, 9.17) is 19.4 Å². The van der Waals surface area contributed by atoms with Gasteiger partial charge in [-0.25, -0.2) is 9.78 Å². The molecule has 9 heteroatoms. The molecule has 5 rings (SSSR count). The van der Waals surface area contributed by atoms with Gasteiger partial charge in [0.1, 0.15) is 0 Å². The van der Waals surface area contributed by atoms with E-state index in [1.807, 2.05) is 25.1 Å². The van der Waals surface area contributed by atoms with Crippen LogP contribution in [0.15, 0.2) is 24.8 Å². The van der Waals surface area contributed by atoms with Gasteiger partial charge in [-0.15, -0.1) is 0 Å². The third kappa shape index (κ3) is 5.15. The number of aromatic nitrogens is 4. The molecule has 44 heavy (non-hydrogen) atoms. The summed E-state index contributed by atoms with van der Waals surface area (Å²) in [5, 5.41) is 10.1. The van der Waals surface area contributed by atoms with Gasteiger partial charge >= 0.3 is 11.9 Å². The van der Waals surface area contributed by atoms with Crippen molar-refractivity contribution in [3.8, 4) is 0 Å². The minimum absolute atomic E-state index is 0.0709. The van der Waals surface area contributed by atoms with Gasteiger partial charge in [-0.3, -0.25) is 9.78 Å². The van der Waals surface area contributed by atoms with Crippen molar-refractivity contribution in [3.63, 3.8) is 0 Å². The highest BCUT2D eigenvalue weighted by Crippen LogP contribution is 2.43. The maximum absolute atomic E-state index is 13.3. The molecule has 0 amide bonds. The number of aliphatic hydroxyl groups excluding tert-OH is 1. The van der Waals surface area contributed by atoms with Crippen LogP contribution in [0, 0.1) is 13.8 Å². The fraction of sp³-hybridized carbons (Fsp3) is 0.371. The first kappa shape index (κ1) is 30.9. The maximum atomic E-state index is 13.3. The number of carbonyl (C=O) groups is 2. The standard InChI is InChI=1S/C35H40N4O5/c1-9-21-17(3)25-14-27-19(5)23(11-12-40)33(38-27)24(13-31(41)43-7)34-32(35(42)44-8)20(6)28(39-34)16-30-22(10-2)18(4)26(37-30)15-29(21)36-25/h9,14-16,19,23,36-37,40H,1,10-13H2,2-8H3/t19-,23-/m0/s1. The molecule has 2 aliphatic rings.